The number of amides is 1. The molecule has 0 saturated carbocycles. The van der Waals surface area contributed by atoms with Gasteiger partial charge in [-0.25, -0.2) is 4.98 Å². The van der Waals surface area contributed by atoms with E-state index in [1.165, 1.54) is 29.4 Å². The van der Waals surface area contributed by atoms with E-state index in [9.17, 15) is 4.79 Å². The molecule has 21 heavy (non-hydrogen) atoms. The number of nitrogens with one attached hydrogen (secondary N) is 1. The summed E-state index contributed by atoms with van der Waals surface area (Å²) in [5.41, 5.74) is 3.77. The molecule has 0 radical (unpaired) electrons. The van der Waals surface area contributed by atoms with E-state index in [2.05, 4.69) is 48.4 Å². The second-order valence-corrected chi connectivity index (χ2v) is 6.60. The van der Waals surface area contributed by atoms with Gasteiger partial charge < -0.3 is 5.32 Å². The summed E-state index contributed by atoms with van der Waals surface area (Å²) in [6.45, 7) is 5.98. The minimum Gasteiger partial charge on any atom is -0.302 e. The van der Waals surface area contributed by atoms with Crippen molar-refractivity contribution in [2.75, 3.05) is 5.32 Å². The average Bonchev–Trinajstić information content (AvgIpc) is 2.84. The molecule has 0 spiro atoms. The first-order valence-corrected chi connectivity index (χ1v) is 8.20. The highest BCUT2D eigenvalue weighted by Gasteiger charge is 2.04. The number of aromatic nitrogens is 1. The molecule has 1 N–H and O–H groups in total. The SMILES string of the molecule is CC(=O)Nc1nc(CCc2ccc(CC(C)C)cc2)cs1. The monoisotopic (exact) mass is 302 g/mol. The minimum absolute atomic E-state index is 0.0726. The maximum Gasteiger partial charge on any atom is 0.223 e. The summed E-state index contributed by atoms with van der Waals surface area (Å²) >= 11 is 1.48. The molecular formula is C17H22N2OS. The fourth-order valence-electron chi connectivity index (χ4n) is 2.22. The molecule has 0 aliphatic carbocycles. The van der Waals surface area contributed by atoms with Crippen LogP contribution in [-0.4, -0.2) is 10.9 Å². The fraction of sp³-hybridized carbons (Fsp3) is 0.412. The number of carbonyl (C=O) groups excluding carboxylic acids is 1. The number of nitrogens with zero attached hydrogens (tertiary/aromatic N) is 1. The Labute approximate surface area is 130 Å². The van der Waals surface area contributed by atoms with E-state index in [1.807, 2.05) is 5.38 Å². The van der Waals surface area contributed by atoms with Crippen LogP contribution in [0.1, 0.15) is 37.6 Å². The Kier molecular flexibility index (Phi) is 5.51. The smallest absolute Gasteiger partial charge is 0.223 e. The zero-order chi connectivity index (χ0) is 15.2. The third-order valence-corrected chi connectivity index (χ3v) is 3.98. The number of anilines is 1. The minimum atomic E-state index is -0.0726. The van der Waals surface area contributed by atoms with Gasteiger partial charge in [-0.15, -0.1) is 11.3 Å². The van der Waals surface area contributed by atoms with E-state index < -0.39 is 0 Å². The standard InChI is InChI=1S/C17H22N2OS/c1-12(2)10-15-6-4-14(5-7-15)8-9-16-11-21-17(19-16)18-13(3)20/h4-7,11-12H,8-10H2,1-3H3,(H,18,19,20). The van der Waals surface area contributed by atoms with Crippen molar-refractivity contribution in [3.05, 3.63) is 46.5 Å². The highest BCUT2D eigenvalue weighted by atomic mass is 32.1. The summed E-state index contributed by atoms with van der Waals surface area (Å²) in [5.74, 6) is 0.620. The van der Waals surface area contributed by atoms with Crippen LogP contribution >= 0.6 is 11.3 Å². The van der Waals surface area contributed by atoms with Crippen molar-refractivity contribution in [2.24, 2.45) is 5.92 Å². The average molecular weight is 302 g/mol. The molecule has 0 atom stereocenters. The molecule has 1 aromatic heterocycles. The summed E-state index contributed by atoms with van der Waals surface area (Å²) in [4.78, 5) is 15.4. The Morgan fingerprint density at radius 1 is 1.19 bits per heavy atom. The van der Waals surface area contributed by atoms with E-state index in [0.29, 0.717) is 11.0 Å². The van der Waals surface area contributed by atoms with Crippen LogP contribution in [0.25, 0.3) is 0 Å². The quantitative estimate of drug-likeness (QED) is 0.873. The predicted molar refractivity (Wildman–Crippen MR) is 88.8 cm³/mol. The zero-order valence-electron chi connectivity index (χ0n) is 12.8. The largest absolute Gasteiger partial charge is 0.302 e. The van der Waals surface area contributed by atoms with E-state index >= 15 is 0 Å². The van der Waals surface area contributed by atoms with E-state index in [0.717, 1.165) is 25.0 Å². The fourth-order valence-corrected chi connectivity index (χ4v) is 3.01. The lowest BCUT2D eigenvalue weighted by Gasteiger charge is -2.06. The summed E-state index contributed by atoms with van der Waals surface area (Å²) in [6.07, 6.45) is 3.01. The van der Waals surface area contributed by atoms with Crippen molar-refractivity contribution in [3.8, 4) is 0 Å². The van der Waals surface area contributed by atoms with Gasteiger partial charge in [0.05, 0.1) is 5.69 Å². The number of hydrogen-bond acceptors (Lipinski definition) is 3. The Morgan fingerprint density at radius 2 is 1.86 bits per heavy atom. The summed E-state index contributed by atoms with van der Waals surface area (Å²) in [6, 6.07) is 8.86. The third-order valence-electron chi connectivity index (χ3n) is 3.17. The normalized spacial score (nSPS) is 10.9. The van der Waals surface area contributed by atoms with Crippen LogP contribution in [0.2, 0.25) is 0 Å². The second kappa shape index (κ2) is 7.36. The first-order valence-electron chi connectivity index (χ1n) is 7.32. The molecule has 0 aliphatic heterocycles. The molecule has 3 nitrogen and oxygen atoms in total. The lowest BCUT2D eigenvalue weighted by molar-refractivity contribution is -0.114. The van der Waals surface area contributed by atoms with Crippen LogP contribution in [0, 0.1) is 5.92 Å². The van der Waals surface area contributed by atoms with Gasteiger partial charge in [0.2, 0.25) is 5.91 Å². The predicted octanol–water partition coefficient (Wildman–Crippen LogP) is 4.09. The molecule has 4 heteroatoms. The molecule has 1 amide bonds. The summed E-state index contributed by atoms with van der Waals surface area (Å²) < 4.78 is 0. The van der Waals surface area contributed by atoms with Gasteiger partial charge in [-0.2, -0.15) is 0 Å². The number of rotatable bonds is 6. The Morgan fingerprint density at radius 3 is 2.48 bits per heavy atom. The molecule has 2 aromatic rings. The van der Waals surface area contributed by atoms with E-state index in [1.54, 1.807) is 0 Å². The number of benzene rings is 1. The molecule has 0 bridgehead atoms. The van der Waals surface area contributed by atoms with Gasteiger partial charge in [-0.05, 0) is 36.3 Å². The Balaban J connectivity index is 1.87. The first kappa shape index (κ1) is 15.7. The van der Waals surface area contributed by atoms with Crippen molar-refractivity contribution in [1.29, 1.82) is 0 Å². The molecule has 0 saturated heterocycles. The lowest BCUT2D eigenvalue weighted by Crippen LogP contribution is -2.05. The molecule has 0 unspecified atom stereocenters. The Bertz CT molecular complexity index is 587. The van der Waals surface area contributed by atoms with Crippen LogP contribution in [0.15, 0.2) is 29.6 Å². The van der Waals surface area contributed by atoms with Crippen molar-refractivity contribution in [3.63, 3.8) is 0 Å². The van der Waals surface area contributed by atoms with Gasteiger partial charge in [0, 0.05) is 12.3 Å². The van der Waals surface area contributed by atoms with Gasteiger partial charge in [0.15, 0.2) is 5.13 Å². The van der Waals surface area contributed by atoms with Crippen LogP contribution in [0.4, 0.5) is 5.13 Å². The zero-order valence-corrected chi connectivity index (χ0v) is 13.7. The molecule has 1 heterocycles. The molecule has 112 valence electrons. The maximum atomic E-state index is 11.0. The van der Waals surface area contributed by atoms with Crippen LogP contribution in [-0.2, 0) is 24.1 Å². The van der Waals surface area contributed by atoms with Gasteiger partial charge in [0.25, 0.3) is 0 Å². The van der Waals surface area contributed by atoms with E-state index in [4.69, 9.17) is 0 Å². The highest BCUT2D eigenvalue weighted by molar-refractivity contribution is 7.13. The van der Waals surface area contributed by atoms with Crippen molar-refractivity contribution >= 4 is 22.4 Å². The van der Waals surface area contributed by atoms with Crippen molar-refractivity contribution in [1.82, 2.24) is 4.98 Å². The van der Waals surface area contributed by atoms with Crippen molar-refractivity contribution in [2.45, 2.75) is 40.0 Å². The number of thiazole rings is 1. The number of aryl methyl sites for hydroxylation is 2. The number of hydrogen-bond donors (Lipinski definition) is 1. The highest BCUT2D eigenvalue weighted by Crippen LogP contribution is 2.17. The van der Waals surface area contributed by atoms with Gasteiger partial charge >= 0.3 is 0 Å². The van der Waals surface area contributed by atoms with Crippen LogP contribution in [0.3, 0.4) is 0 Å². The van der Waals surface area contributed by atoms with Crippen molar-refractivity contribution < 1.29 is 4.79 Å². The molecule has 2 rings (SSSR count). The van der Waals surface area contributed by atoms with Gasteiger partial charge in [0.1, 0.15) is 0 Å². The van der Waals surface area contributed by atoms with Gasteiger partial charge in [-0.3, -0.25) is 4.79 Å². The maximum absolute atomic E-state index is 11.0. The molecule has 1 aromatic carbocycles. The first-order chi connectivity index (χ1) is 10.0. The van der Waals surface area contributed by atoms with Gasteiger partial charge in [-0.1, -0.05) is 38.1 Å². The molecule has 0 fully saturated rings. The molecular weight excluding hydrogens is 280 g/mol. The molecule has 0 aliphatic rings. The number of carbonyl (C=O) groups is 1. The topological polar surface area (TPSA) is 42.0 Å². The Hall–Kier alpha value is -1.68. The van der Waals surface area contributed by atoms with E-state index in [-0.39, 0.29) is 5.91 Å². The van der Waals surface area contributed by atoms with Crippen LogP contribution < -0.4 is 5.32 Å². The second-order valence-electron chi connectivity index (χ2n) is 5.74. The lowest BCUT2D eigenvalue weighted by atomic mass is 10.0. The third kappa shape index (κ3) is 5.31. The van der Waals surface area contributed by atoms with Crippen LogP contribution in [0.5, 0.6) is 0 Å². The summed E-state index contributed by atoms with van der Waals surface area (Å²) in [5, 5.41) is 5.41. The summed E-state index contributed by atoms with van der Waals surface area (Å²) in [7, 11) is 0.